The number of aliphatic carboxylic acids is 1. The highest BCUT2D eigenvalue weighted by Crippen LogP contribution is 2.48. The van der Waals surface area contributed by atoms with Gasteiger partial charge >= 0.3 is 5.97 Å². The fourth-order valence-corrected chi connectivity index (χ4v) is 4.69. The number of carboxylic acids is 1. The molecule has 8 nitrogen and oxygen atoms in total. The van der Waals surface area contributed by atoms with Gasteiger partial charge in [-0.1, -0.05) is 54.3 Å². The number of amides is 1. The second-order valence-corrected chi connectivity index (χ2v) is 11.4. The molecule has 0 saturated heterocycles. The zero-order chi connectivity index (χ0) is 26.0. The lowest BCUT2D eigenvalue weighted by molar-refractivity contribution is -0.137. The third-order valence-corrected chi connectivity index (χ3v) is 6.52. The van der Waals surface area contributed by atoms with Gasteiger partial charge in [-0.2, -0.15) is 0 Å². The molecule has 3 aromatic rings. The van der Waals surface area contributed by atoms with Crippen molar-refractivity contribution in [3.05, 3.63) is 51.3 Å². The van der Waals surface area contributed by atoms with Gasteiger partial charge < -0.3 is 19.5 Å². The number of benzene rings is 1. The van der Waals surface area contributed by atoms with E-state index in [1.54, 1.807) is 18.2 Å². The Kier molecular flexibility index (Phi) is 7.76. The van der Waals surface area contributed by atoms with Gasteiger partial charge in [-0.3, -0.25) is 9.59 Å². The van der Waals surface area contributed by atoms with Gasteiger partial charge in [-0.05, 0) is 48.8 Å². The van der Waals surface area contributed by atoms with Crippen LogP contribution in [0.15, 0.2) is 33.3 Å². The molecule has 0 spiro atoms. The van der Waals surface area contributed by atoms with E-state index < -0.39 is 11.9 Å². The highest BCUT2D eigenvalue weighted by molar-refractivity contribution is 6.36. The van der Waals surface area contributed by atoms with Gasteiger partial charge in [0.15, 0.2) is 11.5 Å². The first-order chi connectivity index (χ1) is 17.0. The molecule has 1 saturated carbocycles. The second-order valence-electron chi connectivity index (χ2n) is 10.5. The van der Waals surface area contributed by atoms with Crippen LogP contribution in [-0.4, -0.2) is 27.3 Å². The van der Waals surface area contributed by atoms with Crippen molar-refractivity contribution in [2.45, 2.75) is 71.1 Å². The molecular weight excluding hydrogens is 505 g/mol. The highest BCUT2D eigenvalue weighted by atomic mass is 35.5. The molecular formula is C26H29Cl2N3O5. The normalized spacial score (nSPS) is 14.6. The smallest absolute Gasteiger partial charge is 0.303 e. The van der Waals surface area contributed by atoms with Crippen LogP contribution in [0.4, 0.5) is 5.69 Å². The first-order valence-corrected chi connectivity index (χ1v) is 12.7. The van der Waals surface area contributed by atoms with Crippen LogP contribution in [-0.2, 0) is 16.0 Å². The number of carboxylic acid groups (broad SMARTS) is 1. The largest absolute Gasteiger partial charge is 0.481 e. The Bertz CT molecular complexity index is 1260. The third-order valence-electron chi connectivity index (χ3n) is 5.97. The predicted molar refractivity (Wildman–Crippen MR) is 136 cm³/mol. The quantitative estimate of drug-likeness (QED) is 0.285. The number of aromatic nitrogens is 2. The van der Waals surface area contributed by atoms with Crippen molar-refractivity contribution in [1.29, 1.82) is 0 Å². The van der Waals surface area contributed by atoms with Crippen LogP contribution in [0.3, 0.4) is 0 Å². The van der Waals surface area contributed by atoms with Crippen LogP contribution in [0.1, 0.15) is 81.7 Å². The van der Waals surface area contributed by atoms with Gasteiger partial charge in [0.05, 0.1) is 16.4 Å². The van der Waals surface area contributed by atoms with E-state index in [4.69, 9.17) is 32.2 Å². The van der Waals surface area contributed by atoms with Crippen LogP contribution >= 0.6 is 23.2 Å². The molecule has 1 aliphatic rings. The number of hydrogen-bond acceptors (Lipinski definition) is 6. The van der Waals surface area contributed by atoms with E-state index in [1.807, 2.05) is 6.07 Å². The van der Waals surface area contributed by atoms with E-state index in [9.17, 15) is 14.7 Å². The molecule has 192 valence electrons. The van der Waals surface area contributed by atoms with Gasteiger partial charge in [-0.15, -0.1) is 0 Å². The Morgan fingerprint density at radius 3 is 2.56 bits per heavy atom. The number of carbonyl (C=O) groups excluding carboxylic acids is 1. The topological polar surface area (TPSA) is 118 Å². The number of halogens is 2. The number of nitrogens with zero attached hydrogens (tertiary/aromatic N) is 2. The maximum atomic E-state index is 13.0. The van der Waals surface area contributed by atoms with Crippen LogP contribution in [0.2, 0.25) is 10.0 Å². The van der Waals surface area contributed by atoms with E-state index in [0.717, 1.165) is 24.2 Å². The van der Waals surface area contributed by atoms with E-state index >= 15 is 0 Å². The van der Waals surface area contributed by atoms with Gasteiger partial charge in [0.1, 0.15) is 5.76 Å². The number of carbonyl (C=O) groups is 2. The summed E-state index contributed by atoms with van der Waals surface area (Å²) in [7, 11) is 0. The van der Waals surface area contributed by atoms with E-state index in [1.165, 1.54) is 0 Å². The molecule has 0 bridgehead atoms. The van der Waals surface area contributed by atoms with E-state index in [-0.39, 0.29) is 36.5 Å². The average Bonchev–Trinajstić information content (AvgIpc) is 3.35. The zero-order valence-electron chi connectivity index (χ0n) is 20.4. The fourth-order valence-electron chi connectivity index (χ4n) is 4.23. The summed E-state index contributed by atoms with van der Waals surface area (Å²) in [4.78, 5) is 24.3. The average molecular weight is 534 g/mol. The zero-order valence-corrected chi connectivity index (χ0v) is 21.9. The molecule has 1 atom stereocenters. The Balaban J connectivity index is 1.60. The molecule has 10 heteroatoms. The third kappa shape index (κ3) is 6.68. The minimum absolute atomic E-state index is 0.0199. The standard InChI is InChI=1S/C26H29Cl2N3O5/c1-26(2,3)13-17-12-20(30-35-17)25-23(14-4-5-14)24(31-36-25)15(6-9-22(33)34)10-21(32)29-19-8-7-16(27)11-18(19)28/h7-8,11-12,14-15H,4-6,9-10,13H2,1-3H3,(H,29,32)(H,33,34)/t15-/m1/s1. The summed E-state index contributed by atoms with van der Waals surface area (Å²) in [5, 5.41) is 21.4. The summed E-state index contributed by atoms with van der Waals surface area (Å²) in [5.41, 5.74) is 2.51. The van der Waals surface area contributed by atoms with Crippen LogP contribution in [0, 0.1) is 5.41 Å². The van der Waals surface area contributed by atoms with Crippen LogP contribution < -0.4 is 5.32 Å². The molecule has 2 heterocycles. The second kappa shape index (κ2) is 10.6. The first-order valence-electron chi connectivity index (χ1n) is 11.9. The summed E-state index contributed by atoms with van der Waals surface area (Å²) in [6.45, 7) is 6.35. The molecule has 1 amide bonds. The molecule has 1 fully saturated rings. The molecule has 2 N–H and O–H groups in total. The fraction of sp³-hybridized carbons (Fsp3) is 0.462. The lowest BCUT2D eigenvalue weighted by Crippen LogP contribution is -2.17. The summed E-state index contributed by atoms with van der Waals surface area (Å²) >= 11 is 12.1. The van der Waals surface area contributed by atoms with Gasteiger partial charge in [0.2, 0.25) is 5.91 Å². The predicted octanol–water partition coefficient (Wildman–Crippen LogP) is 7.08. The number of hydrogen-bond donors (Lipinski definition) is 2. The monoisotopic (exact) mass is 533 g/mol. The van der Waals surface area contributed by atoms with Crippen molar-refractivity contribution < 1.29 is 23.7 Å². The Morgan fingerprint density at radius 2 is 1.92 bits per heavy atom. The molecule has 0 radical (unpaired) electrons. The molecule has 1 aromatic carbocycles. The maximum Gasteiger partial charge on any atom is 0.303 e. The van der Waals surface area contributed by atoms with Gasteiger partial charge in [-0.25, -0.2) is 0 Å². The minimum atomic E-state index is -0.943. The molecule has 36 heavy (non-hydrogen) atoms. The Morgan fingerprint density at radius 1 is 1.17 bits per heavy atom. The van der Waals surface area contributed by atoms with Crippen LogP contribution in [0.25, 0.3) is 11.5 Å². The van der Waals surface area contributed by atoms with Gasteiger partial charge in [0, 0.05) is 41.8 Å². The summed E-state index contributed by atoms with van der Waals surface area (Å²) in [5.74, 6) is -0.209. The van der Waals surface area contributed by atoms with Crippen molar-refractivity contribution in [2.24, 2.45) is 5.41 Å². The van der Waals surface area contributed by atoms with Crippen molar-refractivity contribution >= 4 is 40.8 Å². The number of rotatable bonds is 10. The van der Waals surface area contributed by atoms with Crippen molar-refractivity contribution in [3.8, 4) is 11.5 Å². The minimum Gasteiger partial charge on any atom is -0.481 e. The van der Waals surface area contributed by atoms with Crippen LogP contribution in [0.5, 0.6) is 0 Å². The van der Waals surface area contributed by atoms with E-state index in [0.29, 0.717) is 39.3 Å². The first kappa shape index (κ1) is 26.2. The molecule has 2 aromatic heterocycles. The Hall–Kier alpha value is -2.84. The van der Waals surface area contributed by atoms with Crippen molar-refractivity contribution in [3.63, 3.8) is 0 Å². The molecule has 0 unspecified atom stereocenters. The lowest BCUT2D eigenvalue weighted by atomic mass is 9.89. The highest BCUT2D eigenvalue weighted by Gasteiger charge is 2.37. The number of nitrogens with one attached hydrogen (secondary N) is 1. The lowest BCUT2D eigenvalue weighted by Gasteiger charge is -2.16. The van der Waals surface area contributed by atoms with Crippen molar-refractivity contribution in [1.82, 2.24) is 10.3 Å². The van der Waals surface area contributed by atoms with Gasteiger partial charge in [0.25, 0.3) is 0 Å². The summed E-state index contributed by atoms with van der Waals surface area (Å²) < 4.78 is 11.3. The SMILES string of the molecule is CC(C)(C)Cc1cc(-c2onc([C@H](CCC(=O)O)CC(=O)Nc3ccc(Cl)cc3Cl)c2C2CC2)no1. The Labute approximate surface area is 219 Å². The summed E-state index contributed by atoms with van der Waals surface area (Å²) in [6.07, 6.45) is 2.79. The number of anilines is 1. The van der Waals surface area contributed by atoms with E-state index in [2.05, 4.69) is 36.4 Å². The molecule has 0 aliphatic heterocycles. The summed E-state index contributed by atoms with van der Waals surface area (Å²) in [6, 6.07) is 6.66. The maximum absolute atomic E-state index is 13.0. The molecule has 4 rings (SSSR count). The molecule has 1 aliphatic carbocycles. The van der Waals surface area contributed by atoms with Crippen molar-refractivity contribution in [2.75, 3.05) is 5.32 Å².